The molecule has 0 saturated carbocycles. The number of methoxy groups -OCH3 is 2. The van der Waals surface area contributed by atoms with Crippen LogP contribution in [-0.2, 0) is 0 Å². The van der Waals surface area contributed by atoms with Crippen molar-refractivity contribution in [2.75, 3.05) is 14.2 Å². The fourth-order valence-corrected chi connectivity index (χ4v) is 2.53. The molecule has 0 bridgehead atoms. The minimum atomic E-state index is -0.0110. The topological polar surface area (TPSA) is 71.3 Å². The smallest absolute Gasteiger partial charge is 0.160 e. The number of rotatable bonds is 4. The van der Waals surface area contributed by atoms with Crippen LogP contribution in [0.2, 0.25) is 0 Å². The number of hydrogen-bond acceptors (Lipinski definition) is 5. The highest BCUT2D eigenvalue weighted by Crippen LogP contribution is 2.29. The minimum absolute atomic E-state index is 0.0110. The van der Waals surface area contributed by atoms with Crippen LogP contribution in [0.1, 0.15) is 22.3 Å². The summed E-state index contributed by atoms with van der Waals surface area (Å²) in [5, 5.41) is 22.7. The molecule has 0 atom stereocenters. The monoisotopic (exact) mass is 301 g/mol. The van der Waals surface area contributed by atoms with Gasteiger partial charge in [-0.25, -0.2) is 0 Å². The lowest BCUT2D eigenvalue weighted by Crippen LogP contribution is -2.05. The highest BCUT2D eigenvalue weighted by Gasteiger charge is 2.14. The third-order valence-electron chi connectivity index (χ3n) is 3.49. The average Bonchev–Trinajstić information content (AvgIpc) is 2.48. The molecule has 0 amide bonds. The van der Waals surface area contributed by atoms with Gasteiger partial charge in [-0.2, -0.15) is 0 Å². The van der Waals surface area contributed by atoms with Gasteiger partial charge in [-0.3, -0.25) is 0 Å². The lowest BCUT2D eigenvalue weighted by molar-refractivity contribution is 0.319. The van der Waals surface area contributed by atoms with Gasteiger partial charge in [0, 0.05) is 11.1 Å². The molecule has 5 nitrogen and oxygen atoms in total. The molecule has 22 heavy (non-hydrogen) atoms. The predicted octanol–water partition coefficient (Wildman–Crippen LogP) is 3.25. The second kappa shape index (κ2) is 6.39. The van der Waals surface area contributed by atoms with Gasteiger partial charge in [0.05, 0.1) is 14.2 Å². The van der Waals surface area contributed by atoms with Crippen LogP contribution in [0.3, 0.4) is 0 Å². The van der Waals surface area contributed by atoms with Crippen molar-refractivity contribution in [3.63, 3.8) is 0 Å². The van der Waals surface area contributed by atoms with E-state index in [1.807, 2.05) is 26.0 Å². The van der Waals surface area contributed by atoms with Crippen molar-refractivity contribution in [2.45, 2.75) is 13.8 Å². The summed E-state index contributed by atoms with van der Waals surface area (Å²) in [5.41, 5.74) is 3.58. The molecule has 0 unspecified atom stereocenters. The van der Waals surface area contributed by atoms with Crippen molar-refractivity contribution in [1.29, 1.82) is 0 Å². The Morgan fingerprint density at radius 3 is 2.05 bits per heavy atom. The van der Waals surface area contributed by atoms with E-state index in [0.29, 0.717) is 17.0 Å². The summed E-state index contributed by atoms with van der Waals surface area (Å²) in [7, 11) is 3.10. The first kappa shape index (κ1) is 15.7. The molecule has 0 aromatic heterocycles. The Balaban J connectivity index is 2.52. The van der Waals surface area contributed by atoms with E-state index >= 15 is 0 Å². The lowest BCUT2D eigenvalue weighted by atomic mass is 9.97. The van der Waals surface area contributed by atoms with Crippen molar-refractivity contribution in [1.82, 2.24) is 0 Å². The largest absolute Gasteiger partial charge is 0.504 e. The fourth-order valence-electron chi connectivity index (χ4n) is 2.53. The molecule has 0 aliphatic carbocycles. The van der Waals surface area contributed by atoms with Gasteiger partial charge in [-0.05, 0) is 55.3 Å². The van der Waals surface area contributed by atoms with Gasteiger partial charge in [0.25, 0.3) is 0 Å². The van der Waals surface area contributed by atoms with Gasteiger partial charge in [0.15, 0.2) is 11.5 Å². The first-order valence-electron chi connectivity index (χ1n) is 6.76. The molecule has 2 aromatic rings. The van der Waals surface area contributed by atoms with Gasteiger partial charge < -0.3 is 19.8 Å². The van der Waals surface area contributed by atoms with Gasteiger partial charge in [0.2, 0.25) is 0 Å². The van der Waals surface area contributed by atoms with Crippen molar-refractivity contribution >= 4 is 5.71 Å². The van der Waals surface area contributed by atoms with E-state index in [1.54, 1.807) is 19.2 Å². The highest BCUT2D eigenvalue weighted by atomic mass is 16.5. The number of phenolic OH excluding ortho intramolecular Hbond substituents is 1. The molecule has 2 rings (SSSR count). The van der Waals surface area contributed by atoms with Crippen LogP contribution >= 0.6 is 0 Å². The number of oxime groups is 1. The quantitative estimate of drug-likeness (QED) is 0.516. The summed E-state index contributed by atoms with van der Waals surface area (Å²) in [6.07, 6.45) is 0. The Hall–Kier alpha value is -2.69. The first-order valence-corrected chi connectivity index (χ1v) is 6.76. The van der Waals surface area contributed by atoms with E-state index in [1.165, 1.54) is 13.2 Å². The van der Waals surface area contributed by atoms with Crippen LogP contribution in [0, 0.1) is 13.8 Å². The Morgan fingerprint density at radius 1 is 0.955 bits per heavy atom. The number of phenols is 1. The summed E-state index contributed by atoms with van der Waals surface area (Å²) in [4.78, 5) is 0. The van der Waals surface area contributed by atoms with Crippen LogP contribution < -0.4 is 9.47 Å². The summed E-state index contributed by atoms with van der Waals surface area (Å²) in [6, 6.07) is 8.61. The van der Waals surface area contributed by atoms with E-state index in [-0.39, 0.29) is 5.75 Å². The van der Waals surface area contributed by atoms with E-state index < -0.39 is 0 Å². The minimum Gasteiger partial charge on any atom is -0.504 e. The van der Waals surface area contributed by atoms with Crippen molar-refractivity contribution in [3.05, 3.63) is 52.6 Å². The van der Waals surface area contributed by atoms with Gasteiger partial charge in [-0.15, -0.1) is 0 Å². The molecular formula is C17H19NO4. The number of nitrogens with zero attached hydrogens (tertiary/aromatic N) is 1. The van der Waals surface area contributed by atoms with Gasteiger partial charge in [0.1, 0.15) is 11.5 Å². The molecule has 0 spiro atoms. The number of ether oxygens (including phenoxy) is 2. The fraction of sp³-hybridized carbons (Fsp3) is 0.235. The normalized spacial score (nSPS) is 11.4. The number of benzene rings is 2. The molecule has 0 heterocycles. The SMILES string of the molecule is COc1ccc(/C(=N\O)c2cc(C)c(OC)c(C)c2)cc1O. The maximum atomic E-state index is 9.89. The Bertz CT molecular complexity index is 700. The second-order valence-electron chi connectivity index (χ2n) is 4.98. The van der Waals surface area contributed by atoms with Crippen molar-refractivity contribution in [2.24, 2.45) is 5.16 Å². The van der Waals surface area contributed by atoms with Crippen LogP contribution in [0.15, 0.2) is 35.5 Å². The standard InChI is InChI=1S/C17H19NO4/c1-10-7-13(8-11(2)17(10)22-4)16(18-20)12-5-6-15(21-3)14(19)9-12/h5-9,19-20H,1-4H3/b18-16+. The first-order chi connectivity index (χ1) is 10.5. The molecule has 0 aliphatic heterocycles. The van der Waals surface area contributed by atoms with Crippen LogP contribution in [0.5, 0.6) is 17.2 Å². The summed E-state index contributed by atoms with van der Waals surface area (Å²) in [5.74, 6) is 1.16. The van der Waals surface area contributed by atoms with Gasteiger partial charge in [-0.1, -0.05) is 5.16 Å². The Labute approximate surface area is 129 Å². The number of aryl methyl sites for hydroxylation is 2. The molecule has 0 saturated heterocycles. The summed E-state index contributed by atoms with van der Waals surface area (Å²) < 4.78 is 10.4. The van der Waals surface area contributed by atoms with Crippen molar-refractivity contribution < 1.29 is 19.8 Å². The van der Waals surface area contributed by atoms with Crippen LogP contribution in [-0.4, -0.2) is 30.2 Å². The zero-order valence-corrected chi connectivity index (χ0v) is 13.0. The molecule has 5 heteroatoms. The third kappa shape index (κ3) is 2.83. The van der Waals surface area contributed by atoms with E-state index in [9.17, 15) is 10.3 Å². The summed E-state index contributed by atoms with van der Waals surface area (Å²) >= 11 is 0. The predicted molar refractivity (Wildman–Crippen MR) is 84.6 cm³/mol. The van der Waals surface area contributed by atoms with E-state index in [2.05, 4.69) is 5.16 Å². The number of aromatic hydroxyl groups is 1. The third-order valence-corrected chi connectivity index (χ3v) is 3.49. The van der Waals surface area contributed by atoms with Crippen LogP contribution in [0.25, 0.3) is 0 Å². The second-order valence-corrected chi connectivity index (χ2v) is 4.98. The molecule has 0 fully saturated rings. The molecule has 2 N–H and O–H groups in total. The zero-order chi connectivity index (χ0) is 16.3. The maximum Gasteiger partial charge on any atom is 0.160 e. The zero-order valence-electron chi connectivity index (χ0n) is 13.0. The van der Waals surface area contributed by atoms with Crippen molar-refractivity contribution in [3.8, 4) is 17.2 Å². The lowest BCUT2D eigenvalue weighted by Gasteiger charge is -2.13. The average molecular weight is 301 g/mol. The Kier molecular flexibility index (Phi) is 4.56. The molecule has 2 aromatic carbocycles. The molecule has 116 valence electrons. The van der Waals surface area contributed by atoms with E-state index in [0.717, 1.165) is 22.4 Å². The van der Waals surface area contributed by atoms with Gasteiger partial charge >= 0.3 is 0 Å². The number of hydrogen-bond donors (Lipinski definition) is 2. The summed E-state index contributed by atoms with van der Waals surface area (Å²) in [6.45, 7) is 3.85. The highest BCUT2D eigenvalue weighted by molar-refractivity contribution is 6.13. The Morgan fingerprint density at radius 2 is 1.59 bits per heavy atom. The molecular weight excluding hydrogens is 282 g/mol. The van der Waals surface area contributed by atoms with Crippen LogP contribution in [0.4, 0.5) is 0 Å². The molecule has 0 aliphatic rings. The van der Waals surface area contributed by atoms with E-state index in [4.69, 9.17) is 9.47 Å². The molecule has 0 radical (unpaired) electrons. The maximum absolute atomic E-state index is 9.89.